The first kappa shape index (κ1) is 15.3. The molecule has 0 saturated heterocycles. The van der Waals surface area contributed by atoms with Gasteiger partial charge in [0.2, 0.25) is 10.0 Å². The monoisotopic (exact) mass is 306 g/mol. The predicted molar refractivity (Wildman–Crippen MR) is 83.4 cm³/mol. The Morgan fingerprint density at radius 1 is 1.24 bits per heavy atom. The fourth-order valence-electron chi connectivity index (χ4n) is 1.90. The zero-order chi connectivity index (χ0) is 15.5. The number of hydrogen-bond donors (Lipinski definition) is 3. The maximum atomic E-state index is 11.7. The summed E-state index contributed by atoms with van der Waals surface area (Å²) in [5, 5.41) is 3.17. The Balaban J connectivity index is 2.14. The summed E-state index contributed by atoms with van der Waals surface area (Å²) in [6.07, 6.45) is 0. The fraction of sp³-hybridized carbons (Fsp3) is 0.214. The molecule has 0 aliphatic rings. The van der Waals surface area contributed by atoms with Gasteiger partial charge >= 0.3 is 0 Å². The van der Waals surface area contributed by atoms with Crippen molar-refractivity contribution in [2.24, 2.45) is 0 Å². The molecule has 0 unspecified atom stereocenters. The van der Waals surface area contributed by atoms with Crippen molar-refractivity contribution in [3.05, 3.63) is 47.8 Å². The lowest BCUT2D eigenvalue weighted by atomic mass is 10.2. The number of sulfonamides is 1. The highest BCUT2D eigenvalue weighted by molar-refractivity contribution is 7.89. The summed E-state index contributed by atoms with van der Waals surface area (Å²) >= 11 is 0. The lowest BCUT2D eigenvalue weighted by molar-refractivity contribution is 0.588. The highest BCUT2D eigenvalue weighted by Gasteiger charge is 2.15. The van der Waals surface area contributed by atoms with Crippen LogP contribution >= 0.6 is 0 Å². The molecule has 1 aromatic heterocycles. The molecule has 7 heteroatoms. The zero-order valence-corrected chi connectivity index (χ0v) is 12.7. The molecule has 21 heavy (non-hydrogen) atoms. The van der Waals surface area contributed by atoms with Gasteiger partial charge in [-0.15, -0.1) is 0 Å². The van der Waals surface area contributed by atoms with Gasteiger partial charge in [0, 0.05) is 11.4 Å². The second-order valence-electron chi connectivity index (χ2n) is 4.58. The molecule has 6 nitrogen and oxygen atoms in total. The summed E-state index contributed by atoms with van der Waals surface area (Å²) in [5.74, 6) is 0. The van der Waals surface area contributed by atoms with E-state index in [1.807, 2.05) is 25.1 Å². The molecule has 4 N–H and O–H groups in total. The number of hydrogen-bond acceptors (Lipinski definition) is 5. The molecule has 112 valence electrons. The van der Waals surface area contributed by atoms with Crippen LogP contribution in [0.4, 0.5) is 11.4 Å². The quantitative estimate of drug-likeness (QED) is 0.727. The van der Waals surface area contributed by atoms with Crippen LogP contribution in [0.25, 0.3) is 0 Å². The van der Waals surface area contributed by atoms with Crippen LogP contribution in [0.5, 0.6) is 0 Å². The number of nitrogen functional groups attached to an aromatic ring is 1. The molecule has 2 rings (SSSR count). The van der Waals surface area contributed by atoms with Crippen LogP contribution in [0.2, 0.25) is 0 Å². The lowest BCUT2D eigenvalue weighted by Gasteiger charge is -2.10. The maximum absolute atomic E-state index is 11.7. The van der Waals surface area contributed by atoms with E-state index >= 15 is 0 Å². The summed E-state index contributed by atoms with van der Waals surface area (Å²) in [5.41, 5.74) is 8.60. The number of nitrogens with two attached hydrogens (primary N) is 1. The van der Waals surface area contributed by atoms with E-state index in [9.17, 15) is 8.42 Å². The molecule has 2 aromatic rings. The van der Waals surface area contributed by atoms with Crippen molar-refractivity contribution in [1.82, 2.24) is 9.71 Å². The van der Waals surface area contributed by atoms with Crippen molar-refractivity contribution in [2.75, 3.05) is 18.1 Å². The SMILES string of the molecule is CNS(=O)(=O)c1ccc(NCc2cccc(C)n2)cc1N. The van der Waals surface area contributed by atoms with E-state index in [2.05, 4.69) is 15.0 Å². The highest BCUT2D eigenvalue weighted by atomic mass is 32.2. The van der Waals surface area contributed by atoms with Gasteiger partial charge in [-0.2, -0.15) is 0 Å². The standard InChI is InChI=1S/C14H18N4O2S/c1-10-4-3-5-12(18-10)9-17-11-6-7-14(13(15)8-11)21(19,20)16-2/h3-8,16-17H,9,15H2,1-2H3. The van der Waals surface area contributed by atoms with Crippen molar-refractivity contribution in [3.63, 3.8) is 0 Å². The van der Waals surface area contributed by atoms with Crippen LogP contribution < -0.4 is 15.8 Å². The topological polar surface area (TPSA) is 97.1 Å². The Kier molecular flexibility index (Phi) is 4.44. The molecule has 0 atom stereocenters. The Bertz CT molecular complexity index is 744. The normalized spacial score (nSPS) is 11.3. The molecule has 0 amide bonds. The van der Waals surface area contributed by atoms with Crippen LogP contribution in [-0.2, 0) is 16.6 Å². The van der Waals surface area contributed by atoms with Crippen LogP contribution in [-0.4, -0.2) is 20.4 Å². The van der Waals surface area contributed by atoms with E-state index in [1.54, 1.807) is 12.1 Å². The van der Waals surface area contributed by atoms with E-state index in [-0.39, 0.29) is 10.6 Å². The second kappa shape index (κ2) is 6.11. The Hall–Kier alpha value is -2.12. The van der Waals surface area contributed by atoms with Gasteiger partial charge in [0.05, 0.1) is 17.9 Å². The minimum Gasteiger partial charge on any atom is -0.398 e. The number of nitrogens with zero attached hydrogens (tertiary/aromatic N) is 1. The maximum Gasteiger partial charge on any atom is 0.242 e. The molecule has 0 saturated carbocycles. The molecule has 0 radical (unpaired) electrons. The first-order valence-corrected chi connectivity index (χ1v) is 7.90. The summed E-state index contributed by atoms with van der Waals surface area (Å²) in [7, 11) is -2.18. The number of aromatic nitrogens is 1. The first-order chi connectivity index (χ1) is 9.92. The average Bonchev–Trinajstić information content (AvgIpc) is 2.45. The number of aryl methyl sites for hydroxylation is 1. The van der Waals surface area contributed by atoms with E-state index in [0.717, 1.165) is 17.1 Å². The number of rotatable bonds is 5. The molecule has 0 fully saturated rings. The van der Waals surface area contributed by atoms with Crippen molar-refractivity contribution in [2.45, 2.75) is 18.4 Å². The van der Waals surface area contributed by atoms with Gasteiger partial charge in [-0.05, 0) is 44.3 Å². The number of nitrogens with one attached hydrogen (secondary N) is 2. The van der Waals surface area contributed by atoms with E-state index in [1.165, 1.54) is 13.1 Å². The molecule has 0 bridgehead atoms. The second-order valence-corrected chi connectivity index (χ2v) is 6.44. The lowest BCUT2D eigenvalue weighted by Crippen LogP contribution is -2.20. The zero-order valence-electron chi connectivity index (χ0n) is 11.9. The van der Waals surface area contributed by atoms with Crippen LogP contribution in [0.3, 0.4) is 0 Å². The third-order valence-electron chi connectivity index (χ3n) is 2.99. The van der Waals surface area contributed by atoms with Crippen molar-refractivity contribution < 1.29 is 8.42 Å². The highest BCUT2D eigenvalue weighted by Crippen LogP contribution is 2.22. The summed E-state index contributed by atoms with van der Waals surface area (Å²) in [4.78, 5) is 4.45. The fourth-order valence-corrected chi connectivity index (χ4v) is 2.74. The number of pyridine rings is 1. The molecular formula is C14H18N4O2S. The van der Waals surface area contributed by atoms with Crippen LogP contribution in [0.15, 0.2) is 41.3 Å². The first-order valence-electron chi connectivity index (χ1n) is 6.42. The Morgan fingerprint density at radius 3 is 2.62 bits per heavy atom. The number of anilines is 2. The average molecular weight is 306 g/mol. The molecule has 0 spiro atoms. The largest absolute Gasteiger partial charge is 0.398 e. The third-order valence-corrected chi connectivity index (χ3v) is 4.48. The van der Waals surface area contributed by atoms with Crippen molar-refractivity contribution >= 4 is 21.4 Å². The van der Waals surface area contributed by atoms with Gasteiger partial charge in [-0.25, -0.2) is 13.1 Å². The molecule has 1 aromatic carbocycles. The molecule has 0 aliphatic heterocycles. The minimum atomic E-state index is -3.53. The van der Waals surface area contributed by atoms with Gasteiger partial charge in [-0.1, -0.05) is 6.07 Å². The van der Waals surface area contributed by atoms with Crippen molar-refractivity contribution in [3.8, 4) is 0 Å². The van der Waals surface area contributed by atoms with Gasteiger partial charge in [0.15, 0.2) is 0 Å². The van der Waals surface area contributed by atoms with Gasteiger partial charge in [0.1, 0.15) is 4.90 Å². The van der Waals surface area contributed by atoms with Crippen molar-refractivity contribution in [1.29, 1.82) is 0 Å². The Labute approximate surface area is 124 Å². The molecule has 1 heterocycles. The van der Waals surface area contributed by atoms with Crippen LogP contribution in [0, 0.1) is 6.92 Å². The van der Waals surface area contributed by atoms with Gasteiger partial charge < -0.3 is 11.1 Å². The van der Waals surface area contributed by atoms with Gasteiger partial charge in [-0.3, -0.25) is 4.98 Å². The summed E-state index contributed by atoms with van der Waals surface area (Å²) in [6.45, 7) is 2.47. The predicted octanol–water partition coefficient (Wildman–Crippen LogP) is 1.49. The Morgan fingerprint density at radius 2 is 2.00 bits per heavy atom. The third kappa shape index (κ3) is 3.71. The van der Waals surface area contributed by atoms with E-state index in [0.29, 0.717) is 6.54 Å². The summed E-state index contributed by atoms with van der Waals surface area (Å²) < 4.78 is 25.7. The molecule has 0 aliphatic carbocycles. The van der Waals surface area contributed by atoms with E-state index < -0.39 is 10.0 Å². The van der Waals surface area contributed by atoms with Crippen LogP contribution in [0.1, 0.15) is 11.4 Å². The van der Waals surface area contributed by atoms with E-state index in [4.69, 9.17) is 5.73 Å². The van der Waals surface area contributed by atoms with Gasteiger partial charge in [0.25, 0.3) is 0 Å². The smallest absolute Gasteiger partial charge is 0.242 e. The summed E-state index contributed by atoms with van der Waals surface area (Å²) in [6, 6.07) is 10.5. The molecular weight excluding hydrogens is 288 g/mol. The number of benzene rings is 1. The minimum absolute atomic E-state index is 0.0734.